The van der Waals surface area contributed by atoms with Crippen LogP contribution in [0.3, 0.4) is 0 Å². The van der Waals surface area contributed by atoms with Gasteiger partial charge in [0.25, 0.3) is 6.43 Å². The molecule has 1 aromatic rings. The molecular weight excluding hydrogens is 331 g/mol. The van der Waals surface area contributed by atoms with E-state index in [0.29, 0.717) is 0 Å². The van der Waals surface area contributed by atoms with Gasteiger partial charge in [0.2, 0.25) is 0 Å². The van der Waals surface area contributed by atoms with Gasteiger partial charge in [-0.2, -0.15) is 0 Å². The Hall–Kier alpha value is -0.750. The molecule has 0 fully saturated rings. The Balaban J connectivity index is 3.06. The highest BCUT2D eigenvalue weighted by molar-refractivity contribution is 9.08. The minimum atomic E-state index is -2.71. The Kier molecular flexibility index (Phi) is 5.95. The maximum absolute atomic E-state index is 12.8. The molecule has 0 aliphatic heterocycles. The third-order valence-corrected chi connectivity index (χ3v) is 3.07. The predicted molar refractivity (Wildman–Crippen MR) is 67.2 cm³/mol. The molecular formula is C11H11BrClF2NO2. The summed E-state index contributed by atoms with van der Waals surface area (Å²) >= 11 is 8.90. The molecule has 0 aliphatic rings. The van der Waals surface area contributed by atoms with Crippen LogP contribution in [-0.2, 0) is 21.3 Å². The molecule has 0 aliphatic carbocycles. The Morgan fingerprint density at radius 3 is 2.78 bits per heavy atom. The van der Waals surface area contributed by atoms with Crippen LogP contribution in [0.5, 0.6) is 0 Å². The number of alkyl halides is 3. The number of carbonyl (C=O) groups excluding carboxylic acids is 1. The number of hydrogen-bond acceptors (Lipinski definition) is 3. The van der Waals surface area contributed by atoms with E-state index in [-0.39, 0.29) is 40.3 Å². The summed E-state index contributed by atoms with van der Waals surface area (Å²) in [6, 6.07) is 1.14. The van der Waals surface area contributed by atoms with Gasteiger partial charge in [0.15, 0.2) is 0 Å². The van der Waals surface area contributed by atoms with E-state index in [0.717, 1.165) is 6.07 Å². The molecule has 0 spiro atoms. The summed E-state index contributed by atoms with van der Waals surface area (Å²) in [6.45, 7) is 1.90. The van der Waals surface area contributed by atoms with Crippen LogP contribution in [0, 0.1) is 0 Å². The minimum absolute atomic E-state index is 0.0746. The molecule has 7 heteroatoms. The summed E-state index contributed by atoms with van der Waals surface area (Å²) in [4.78, 5) is 15.3. The molecule has 0 saturated heterocycles. The van der Waals surface area contributed by atoms with Crippen molar-refractivity contribution < 1.29 is 18.3 Å². The maximum Gasteiger partial charge on any atom is 0.311 e. The second-order valence-electron chi connectivity index (χ2n) is 3.38. The van der Waals surface area contributed by atoms with E-state index >= 15 is 0 Å². The van der Waals surface area contributed by atoms with Crippen molar-refractivity contribution >= 4 is 33.5 Å². The highest BCUT2D eigenvalue weighted by atomic mass is 79.9. The lowest BCUT2D eigenvalue weighted by Crippen LogP contribution is -2.10. The Morgan fingerprint density at radius 2 is 2.28 bits per heavy atom. The van der Waals surface area contributed by atoms with Crippen molar-refractivity contribution in [3.05, 3.63) is 28.0 Å². The van der Waals surface area contributed by atoms with E-state index in [1.54, 1.807) is 6.92 Å². The second-order valence-corrected chi connectivity index (χ2v) is 4.32. The Labute approximate surface area is 117 Å². The molecule has 0 N–H and O–H groups in total. The monoisotopic (exact) mass is 341 g/mol. The third kappa shape index (κ3) is 3.88. The lowest BCUT2D eigenvalue weighted by molar-refractivity contribution is -0.142. The summed E-state index contributed by atoms with van der Waals surface area (Å²) in [7, 11) is 0. The van der Waals surface area contributed by atoms with Gasteiger partial charge in [-0.05, 0) is 13.0 Å². The largest absolute Gasteiger partial charge is 0.466 e. The normalized spacial score (nSPS) is 10.8. The standard InChI is InChI=1S/C11H11BrClF2NO2/c1-2-18-9(17)4-6-3-7(11(14)15)10(13)8(5-12)16-6/h3,11H,2,4-5H2,1H3. The van der Waals surface area contributed by atoms with Gasteiger partial charge < -0.3 is 4.74 Å². The molecule has 0 radical (unpaired) electrons. The van der Waals surface area contributed by atoms with Gasteiger partial charge in [-0.15, -0.1) is 0 Å². The van der Waals surface area contributed by atoms with E-state index < -0.39 is 12.4 Å². The van der Waals surface area contributed by atoms with Crippen molar-refractivity contribution in [2.75, 3.05) is 6.61 Å². The van der Waals surface area contributed by atoms with Gasteiger partial charge in [-0.3, -0.25) is 9.78 Å². The summed E-state index contributed by atoms with van der Waals surface area (Å²) in [5.74, 6) is -0.506. The summed E-state index contributed by atoms with van der Waals surface area (Å²) in [5.41, 5.74) is 0.191. The first-order valence-electron chi connectivity index (χ1n) is 5.17. The number of rotatable bonds is 5. The molecule has 100 valence electrons. The molecule has 1 aromatic heterocycles. The number of hydrogen-bond donors (Lipinski definition) is 0. The number of nitrogens with zero attached hydrogens (tertiary/aromatic N) is 1. The summed E-state index contributed by atoms with van der Waals surface area (Å²) < 4.78 is 30.3. The van der Waals surface area contributed by atoms with Crippen molar-refractivity contribution in [1.29, 1.82) is 0 Å². The number of carbonyl (C=O) groups is 1. The fourth-order valence-electron chi connectivity index (χ4n) is 1.36. The molecule has 1 heterocycles. The summed E-state index contributed by atoms with van der Waals surface area (Å²) in [5, 5.41) is 0.164. The number of esters is 1. The zero-order valence-corrected chi connectivity index (χ0v) is 11.9. The van der Waals surface area contributed by atoms with Crippen LogP contribution in [0.2, 0.25) is 5.02 Å². The molecule has 0 saturated carbocycles. The van der Waals surface area contributed by atoms with Gasteiger partial charge >= 0.3 is 5.97 Å². The lowest BCUT2D eigenvalue weighted by Gasteiger charge is -2.10. The van der Waals surface area contributed by atoms with Crippen molar-refractivity contribution in [1.82, 2.24) is 4.98 Å². The fourth-order valence-corrected chi connectivity index (χ4v) is 2.18. The van der Waals surface area contributed by atoms with Gasteiger partial charge in [0.1, 0.15) is 0 Å². The molecule has 0 aromatic carbocycles. The zero-order chi connectivity index (χ0) is 13.7. The number of aromatic nitrogens is 1. The first-order valence-corrected chi connectivity index (χ1v) is 6.67. The average molecular weight is 343 g/mol. The van der Waals surface area contributed by atoms with Gasteiger partial charge in [0.05, 0.1) is 29.4 Å². The molecule has 0 amide bonds. The van der Waals surface area contributed by atoms with E-state index in [4.69, 9.17) is 16.3 Å². The highest BCUT2D eigenvalue weighted by Gasteiger charge is 2.18. The minimum Gasteiger partial charge on any atom is -0.466 e. The van der Waals surface area contributed by atoms with Crippen molar-refractivity contribution in [2.45, 2.75) is 25.1 Å². The van der Waals surface area contributed by atoms with E-state index in [1.165, 1.54) is 0 Å². The molecule has 0 bridgehead atoms. The van der Waals surface area contributed by atoms with Gasteiger partial charge in [-0.1, -0.05) is 27.5 Å². The second kappa shape index (κ2) is 6.99. The van der Waals surface area contributed by atoms with E-state index in [2.05, 4.69) is 20.9 Å². The van der Waals surface area contributed by atoms with Gasteiger partial charge in [-0.25, -0.2) is 8.78 Å². The van der Waals surface area contributed by atoms with Crippen LogP contribution in [0.15, 0.2) is 6.07 Å². The highest BCUT2D eigenvalue weighted by Crippen LogP contribution is 2.30. The molecule has 1 rings (SSSR count). The molecule has 0 atom stereocenters. The number of pyridine rings is 1. The molecule has 0 unspecified atom stereocenters. The smallest absolute Gasteiger partial charge is 0.311 e. The first-order chi connectivity index (χ1) is 8.49. The average Bonchev–Trinajstić information content (AvgIpc) is 2.31. The number of ether oxygens (including phenoxy) is 1. The van der Waals surface area contributed by atoms with Crippen LogP contribution >= 0.6 is 27.5 Å². The van der Waals surface area contributed by atoms with E-state index in [1.807, 2.05) is 0 Å². The SMILES string of the molecule is CCOC(=O)Cc1cc(C(F)F)c(Cl)c(CBr)n1. The van der Waals surface area contributed by atoms with Crippen molar-refractivity contribution in [3.63, 3.8) is 0 Å². The maximum atomic E-state index is 12.8. The quantitative estimate of drug-likeness (QED) is 0.605. The summed E-state index contributed by atoms with van der Waals surface area (Å²) in [6.07, 6.45) is -2.86. The van der Waals surface area contributed by atoms with E-state index in [9.17, 15) is 13.6 Å². The van der Waals surface area contributed by atoms with Crippen LogP contribution in [0.4, 0.5) is 8.78 Å². The zero-order valence-electron chi connectivity index (χ0n) is 9.55. The topological polar surface area (TPSA) is 39.2 Å². The van der Waals surface area contributed by atoms with Gasteiger partial charge in [0, 0.05) is 10.9 Å². The Bertz CT molecular complexity index is 443. The molecule has 18 heavy (non-hydrogen) atoms. The fraction of sp³-hybridized carbons (Fsp3) is 0.455. The molecule has 3 nitrogen and oxygen atoms in total. The Morgan fingerprint density at radius 1 is 1.61 bits per heavy atom. The first kappa shape index (κ1) is 15.3. The van der Waals surface area contributed by atoms with Crippen LogP contribution in [0.1, 0.15) is 30.3 Å². The number of halogens is 4. The third-order valence-electron chi connectivity index (χ3n) is 2.10. The van der Waals surface area contributed by atoms with Crippen molar-refractivity contribution in [3.8, 4) is 0 Å². The van der Waals surface area contributed by atoms with Crippen LogP contribution < -0.4 is 0 Å². The van der Waals surface area contributed by atoms with Crippen LogP contribution in [0.25, 0.3) is 0 Å². The predicted octanol–water partition coefficient (Wildman–Crippen LogP) is 3.67. The lowest BCUT2D eigenvalue weighted by atomic mass is 10.1. The van der Waals surface area contributed by atoms with Crippen molar-refractivity contribution in [2.24, 2.45) is 0 Å². The van der Waals surface area contributed by atoms with Crippen LogP contribution in [-0.4, -0.2) is 17.6 Å².